The third kappa shape index (κ3) is 5.47. The molecule has 41 heavy (non-hydrogen) atoms. The molecule has 4 aliphatic rings. The number of benzene rings is 1. The highest BCUT2D eigenvalue weighted by Gasteiger charge is 2.60. The van der Waals surface area contributed by atoms with Gasteiger partial charge in [0.05, 0.1) is 35.7 Å². The van der Waals surface area contributed by atoms with Crippen LogP contribution in [0.25, 0.3) is 0 Å². The maximum absolute atomic E-state index is 14.1. The van der Waals surface area contributed by atoms with Crippen molar-refractivity contribution in [2.45, 2.75) is 89.7 Å². The van der Waals surface area contributed by atoms with E-state index in [2.05, 4.69) is 5.32 Å². The van der Waals surface area contributed by atoms with E-state index in [1.807, 2.05) is 0 Å². The van der Waals surface area contributed by atoms with Crippen molar-refractivity contribution in [3.8, 4) is 0 Å². The van der Waals surface area contributed by atoms with E-state index < -0.39 is 65.1 Å². The van der Waals surface area contributed by atoms with Gasteiger partial charge in [-0.15, -0.1) is 0 Å². The molecule has 13 heteroatoms. The molecule has 1 unspecified atom stereocenters. The highest BCUT2D eigenvalue weighted by atomic mass is 16.9. The molecule has 5 rings (SSSR count). The molecule has 0 amide bonds. The summed E-state index contributed by atoms with van der Waals surface area (Å²) in [6.45, 7) is 10.5. The first-order valence-corrected chi connectivity index (χ1v) is 13.3. The average molecular weight is 575 g/mol. The average Bonchev–Trinajstić information content (AvgIpc) is 3.51. The lowest BCUT2D eigenvalue weighted by Gasteiger charge is -2.32. The number of carbonyl (C=O) groups is 2. The lowest BCUT2D eigenvalue weighted by Crippen LogP contribution is -2.46. The van der Waals surface area contributed by atoms with Gasteiger partial charge in [-0.1, -0.05) is 12.1 Å². The van der Waals surface area contributed by atoms with Crippen molar-refractivity contribution in [1.29, 1.82) is 0 Å². The molecule has 0 saturated carbocycles. The minimum Gasteiger partial charge on any atom is -0.466 e. The number of nitro benzene ring substituents is 1. The SMILES string of the molecule is COC(=O)C1=C(C)NC(C)=C(C(=O)O[C@@H]2[C@H]3OC(C)(C)O[C@H]3O[C@@H]2[C@H]2COC(C)(C)O2)C1c1cccc([N+](=O)[O-])c1. The second-order valence-corrected chi connectivity index (χ2v) is 11.3. The summed E-state index contributed by atoms with van der Waals surface area (Å²) >= 11 is 0. The van der Waals surface area contributed by atoms with Crippen LogP contribution in [0.15, 0.2) is 46.8 Å². The molecule has 4 aliphatic heterocycles. The van der Waals surface area contributed by atoms with Crippen molar-refractivity contribution < 1.29 is 47.7 Å². The minimum atomic E-state index is -1.02. The van der Waals surface area contributed by atoms with Crippen LogP contribution in [-0.4, -0.2) is 72.9 Å². The first-order chi connectivity index (χ1) is 19.2. The van der Waals surface area contributed by atoms with E-state index in [0.717, 1.165) is 0 Å². The van der Waals surface area contributed by atoms with Gasteiger partial charge in [0.2, 0.25) is 0 Å². The largest absolute Gasteiger partial charge is 0.466 e. The first kappa shape index (κ1) is 29.1. The molecule has 6 atom stereocenters. The van der Waals surface area contributed by atoms with Gasteiger partial charge in [-0.3, -0.25) is 10.1 Å². The van der Waals surface area contributed by atoms with Crippen molar-refractivity contribution in [1.82, 2.24) is 5.32 Å². The number of methoxy groups -OCH3 is 1. The number of fused-ring (bicyclic) bond motifs is 1. The molecule has 13 nitrogen and oxygen atoms in total. The van der Waals surface area contributed by atoms with Gasteiger partial charge < -0.3 is 38.5 Å². The Hall–Kier alpha value is -3.36. The number of allylic oxidation sites excluding steroid dienone is 2. The van der Waals surface area contributed by atoms with E-state index in [1.54, 1.807) is 47.6 Å². The summed E-state index contributed by atoms with van der Waals surface area (Å²) in [5.41, 5.74) is 1.21. The fourth-order valence-electron chi connectivity index (χ4n) is 5.80. The molecule has 0 aromatic heterocycles. The zero-order valence-electron chi connectivity index (χ0n) is 23.9. The Bertz CT molecular complexity index is 1330. The Labute approximate surface area is 236 Å². The monoisotopic (exact) mass is 574 g/mol. The third-order valence-corrected chi connectivity index (χ3v) is 7.47. The predicted octanol–water partition coefficient (Wildman–Crippen LogP) is 2.94. The summed E-state index contributed by atoms with van der Waals surface area (Å²) < 4.78 is 41.1. The number of nitrogens with one attached hydrogen (secondary N) is 1. The third-order valence-electron chi connectivity index (χ3n) is 7.47. The number of hydrogen-bond acceptors (Lipinski definition) is 12. The quantitative estimate of drug-likeness (QED) is 0.302. The Morgan fingerprint density at radius 2 is 1.68 bits per heavy atom. The number of rotatable bonds is 6. The number of carbonyl (C=O) groups excluding carboxylic acids is 2. The standard InChI is InChI=1S/C28H34N2O11/c1-13-18(24(31)35-7)20(15-9-8-10-16(11-15)30(33)34)19(14(2)29-13)25(32)37-22-21(17-12-36-27(3,4)39-17)38-26-23(22)40-28(5,6)41-26/h8-11,17,20-23,26,29H,12H2,1-7H3/t17-,20?,21-,22+,23-,26-/m1/s1. The smallest absolute Gasteiger partial charge is 0.337 e. The van der Waals surface area contributed by atoms with Gasteiger partial charge in [0.1, 0.15) is 12.2 Å². The highest BCUT2D eigenvalue weighted by Crippen LogP contribution is 2.44. The molecule has 4 heterocycles. The van der Waals surface area contributed by atoms with Crippen LogP contribution in [-0.2, 0) is 42.7 Å². The molecule has 1 N–H and O–H groups in total. The number of hydrogen-bond donors (Lipinski definition) is 1. The van der Waals surface area contributed by atoms with Crippen molar-refractivity contribution in [2.75, 3.05) is 13.7 Å². The zero-order valence-corrected chi connectivity index (χ0v) is 23.9. The van der Waals surface area contributed by atoms with Gasteiger partial charge >= 0.3 is 11.9 Å². The van der Waals surface area contributed by atoms with Gasteiger partial charge in [-0.2, -0.15) is 0 Å². The van der Waals surface area contributed by atoms with Crippen LogP contribution in [0.4, 0.5) is 5.69 Å². The van der Waals surface area contributed by atoms with Crippen molar-refractivity contribution in [3.63, 3.8) is 0 Å². The van der Waals surface area contributed by atoms with Gasteiger partial charge in [-0.05, 0) is 47.1 Å². The van der Waals surface area contributed by atoms with Crippen LogP contribution < -0.4 is 5.32 Å². The fourth-order valence-corrected chi connectivity index (χ4v) is 5.80. The van der Waals surface area contributed by atoms with E-state index in [-0.39, 0.29) is 23.4 Å². The van der Waals surface area contributed by atoms with E-state index >= 15 is 0 Å². The van der Waals surface area contributed by atoms with Gasteiger partial charge in [0.25, 0.3) is 5.69 Å². The van der Waals surface area contributed by atoms with E-state index in [9.17, 15) is 19.7 Å². The molecule has 1 aromatic rings. The van der Waals surface area contributed by atoms with Crippen LogP contribution >= 0.6 is 0 Å². The minimum absolute atomic E-state index is 0.0841. The summed E-state index contributed by atoms with van der Waals surface area (Å²) in [7, 11) is 1.22. The van der Waals surface area contributed by atoms with E-state index in [4.69, 9.17) is 33.2 Å². The van der Waals surface area contributed by atoms with E-state index in [1.165, 1.54) is 25.3 Å². The van der Waals surface area contributed by atoms with Crippen LogP contribution in [0.3, 0.4) is 0 Å². The van der Waals surface area contributed by atoms with E-state index in [0.29, 0.717) is 17.0 Å². The molecule has 222 valence electrons. The lowest BCUT2D eigenvalue weighted by atomic mass is 9.80. The second kappa shape index (κ2) is 10.5. The van der Waals surface area contributed by atoms with Crippen LogP contribution in [0, 0.1) is 10.1 Å². The summed E-state index contributed by atoms with van der Waals surface area (Å²) in [5.74, 6) is -4.33. The molecule has 0 radical (unpaired) electrons. The summed E-state index contributed by atoms with van der Waals surface area (Å²) in [5, 5.41) is 14.6. The number of non-ortho nitro benzene ring substituents is 1. The van der Waals surface area contributed by atoms with Gasteiger partial charge in [0.15, 0.2) is 30.1 Å². The number of esters is 2. The molecule has 1 aromatic carbocycles. The topological polar surface area (TPSA) is 154 Å². The first-order valence-electron chi connectivity index (χ1n) is 13.3. The molecule has 0 aliphatic carbocycles. The molecular formula is C28H34N2O11. The molecule has 0 bridgehead atoms. The Kier molecular flexibility index (Phi) is 7.45. The Morgan fingerprint density at radius 3 is 2.29 bits per heavy atom. The number of dihydropyridines is 1. The van der Waals surface area contributed by atoms with Gasteiger partial charge in [0, 0.05) is 23.5 Å². The maximum Gasteiger partial charge on any atom is 0.337 e. The fraction of sp³-hybridized carbons (Fsp3) is 0.571. The number of nitro groups is 1. The number of nitrogens with zero attached hydrogens (tertiary/aromatic N) is 1. The highest BCUT2D eigenvalue weighted by molar-refractivity contribution is 6.00. The number of ether oxygens (including phenoxy) is 7. The van der Waals surface area contributed by atoms with Crippen LogP contribution in [0.1, 0.15) is 53.0 Å². The maximum atomic E-state index is 14.1. The summed E-state index contributed by atoms with van der Waals surface area (Å²) in [4.78, 5) is 38.1. The van der Waals surface area contributed by atoms with Crippen LogP contribution in [0.2, 0.25) is 0 Å². The molecular weight excluding hydrogens is 540 g/mol. The molecule has 3 saturated heterocycles. The summed E-state index contributed by atoms with van der Waals surface area (Å²) in [6, 6.07) is 5.76. The van der Waals surface area contributed by atoms with Crippen molar-refractivity contribution in [2.24, 2.45) is 0 Å². The van der Waals surface area contributed by atoms with Crippen LogP contribution in [0.5, 0.6) is 0 Å². The molecule has 0 spiro atoms. The van der Waals surface area contributed by atoms with Crippen molar-refractivity contribution in [3.05, 3.63) is 62.5 Å². The lowest BCUT2D eigenvalue weighted by molar-refractivity contribution is -0.384. The Morgan fingerprint density at radius 1 is 1.00 bits per heavy atom. The second-order valence-electron chi connectivity index (χ2n) is 11.3. The van der Waals surface area contributed by atoms with Gasteiger partial charge in [-0.25, -0.2) is 9.59 Å². The Balaban J connectivity index is 1.52. The summed E-state index contributed by atoms with van der Waals surface area (Å²) in [6.07, 6.45) is -3.91. The normalized spacial score (nSPS) is 32.0. The zero-order chi connectivity index (χ0) is 29.9. The van der Waals surface area contributed by atoms with Crippen molar-refractivity contribution >= 4 is 17.6 Å². The molecule has 3 fully saturated rings. The predicted molar refractivity (Wildman–Crippen MR) is 140 cm³/mol.